The van der Waals surface area contributed by atoms with Crippen molar-refractivity contribution in [3.8, 4) is 0 Å². The number of rotatable bonds is 1. The van der Waals surface area contributed by atoms with Crippen LogP contribution in [-0.4, -0.2) is 12.9 Å². The molecular weight excluding hydrogens is 186 g/mol. The summed E-state index contributed by atoms with van der Waals surface area (Å²) in [6, 6.07) is 5.58. The number of nitrogens with one attached hydrogen (secondary N) is 1. The fraction of sp³-hybridized carbons (Fsp3) is 0.222. The molecule has 0 aliphatic rings. The van der Waals surface area contributed by atoms with Gasteiger partial charge in [0.15, 0.2) is 0 Å². The van der Waals surface area contributed by atoms with Crippen molar-refractivity contribution in [3.63, 3.8) is 0 Å². The summed E-state index contributed by atoms with van der Waals surface area (Å²) in [6.07, 6.45) is 0. The minimum absolute atomic E-state index is 0.661. The van der Waals surface area contributed by atoms with Gasteiger partial charge in [-0.2, -0.15) is 0 Å². The second kappa shape index (κ2) is 4.25. The third-order valence-corrected chi connectivity index (χ3v) is 2.04. The smallest absolute Gasteiger partial charge is 0.142 e. The van der Waals surface area contributed by atoms with E-state index < -0.39 is 0 Å². The van der Waals surface area contributed by atoms with Crippen LogP contribution >= 0.6 is 11.6 Å². The molecule has 0 aliphatic carbocycles. The number of aryl methyl sites for hydroxylation is 1. The van der Waals surface area contributed by atoms with Crippen LogP contribution in [0.3, 0.4) is 0 Å². The highest BCUT2D eigenvalue weighted by Gasteiger charge is 2.04. The Kier molecular flexibility index (Phi) is 3.28. The lowest BCUT2D eigenvalue weighted by Gasteiger charge is -2.07. The molecule has 0 amide bonds. The van der Waals surface area contributed by atoms with Gasteiger partial charge in [-0.25, -0.2) is 5.84 Å². The average molecular weight is 198 g/mol. The first-order valence-corrected chi connectivity index (χ1v) is 4.26. The molecule has 1 aromatic rings. The minimum Gasteiger partial charge on any atom is -0.308 e. The third-order valence-electron chi connectivity index (χ3n) is 1.80. The van der Waals surface area contributed by atoms with Crippen LogP contribution in [0, 0.1) is 6.92 Å². The number of benzene rings is 1. The predicted octanol–water partition coefficient (Wildman–Crippen LogP) is 1.49. The van der Waals surface area contributed by atoms with Crippen LogP contribution in [0.1, 0.15) is 11.1 Å². The number of aliphatic imine (C=N–C) groups is 1. The third kappa shape index (κ3) is 2.20. The van der Waals surface area contributed by atoms with Crippen molar-refractivity contribution in [2.45, 2.75) is 6.92 Å². The zero-order valence-corrected chi connectivity index (χ0v) is 8.39. The maximum Gasteiger partial charge on any atom is 0.142 e. The van der Waals surface area contributed by atoms with Crippen LogP contribution in [0.15, 0.2) is 23.2 Å². The molecule has 1 rings (SSSR count). The largest absolute Gasteiger partial charge is 0.308 e. The van der Waals surface area contributed by atoms with Crippen LogP contribution in [0.4, 0.5) is 0 Å². The van der Waals surface area contributed by atoms with Crippen molar-refractivity contribution < 1.29 is 0 Å². The van der Waals surface area contributed by atoms with Gasteiger partial charge in [0.25, 0.3) is 0 Å². The van der Waals surface area contributed by atoms with Gasteiger partial charge in [0.1, 0.15) is 5.84 Å². The predicted molar refractivity (Wildman–Crippen MR) is 56.0 cm³/mol. The van der Waals surface area contributed by atoms with Gasteiger partial charge in [-0.3, -0.25) is 4.99 Å². The van der Waals surface area contributed by atoms with Gasteiger partial charge in [0.05, 0.1) is 0 Å². The fourth-order valence-electron chi connectivity index (χ4n) is 1.16. The van der Waals surface area contributed by atoms with Crippen LogP contribution in [-0.2, 0) is 0 Å². The molecule has 0 unspecified atom stereocenters. The lowest BCUT2D eigenvalue weighted by Crippen LogP contribution is -2.31. The summed E-state index contributed by atoms with van der Waals surface area (Å²) >= 11 is 5.82. The monoisotopic (exact) mass is 197 g/mol. The second-order valence-corrected chi connectivity index (χ2v) is 3.11. The lowest BCUT2D eigenvalue weighted by atomic mass is 10.1. The Hall–Kier alpha value is -1.06. The Morgan fingerprint density at radius 1 is 1.54 bits per heavy atom. The van der Waals surface area contributed by atoms with E-state index in [0.29, 0.717) is 10.9 Å². The fourth-order valence-corrected chi connectivity index (χ4v) is 1.38. The standard InChI is InChI=1S/C9H12ClN3/c1-6-5-7(10)3-4-8(6)9(12-2)13-11/h3-5H,11H2,1-2H3,(H,12,13). The summed E-state index contributed by atoms with van der Waals surface area (Å²) < 4.78 is 0. The SMILES string of the molecule is CN=C(NN)c1ccc(Cl)cc1C. The molecule has 1 aromatic carbocycles. The Balaban J connectivity index is 3.15. The van der Waals surface area contributed by atoms with E-state index in [1.807, 2.05) is 25.1 Å². The molecule has 0 radical (unpaired) electrons. The average Bonchev–Trinajstić information content (AvgIpc) is 2.10. The molecule has 3 N–H and O–H groups in total. The van der Waals surface area contributed by atoms with E-state index in [0.717, 1.165) is 11.1 Å². The number of hydrazine groups is 1. The van der Waals surface area contributed by atoms with Crippen molar-refractivity contribution in [3.05, 3.63) is 34.3 Å². The molecule has 0 atom stereocenters. The summed E-state index contributed by atoms with van der Waals surface area (Å²) in [6.45, 7) is 1.96. The first kappa shape index (κ1) is 10.0. The molecule has 0 aliphatic heterocycles. The van der Waals surface area contributed by atoms with E-state index in [1.54, 1.807) is 7.05 Å². The highest BCUT2D eigenvalue weighted by atomic mass is 35.5. The molecule has 0 saturated heterocycles. The zero-order chi connectivity index (χ0) is 9.84. The Morgan fingerprint density at radius 2 is 2.23 bits per heavy atom. The first-order valence-electron chi connectivity index (χ1n) is 3.89. The summed E-state index contributed by atoms with van der Waals surface area (Å²) in [5.74, 6) is 5.97. The van der Waals surface area contributed by atoms with E-state index >= 15 is 0 Å². The summed E-state index contributed by atoms with van der Waals surface area (Å²) in [5, 5.41) is 0.716. The van der Waals surface area contributed by atoms with Gasteiger partial charge >= 0.3 is 0 Å². The topological polar surface area (TPSA) is 50.4 Å². The van der Waals surface area contributed by atoms with Gasteiger partial charge < -0.3 is 5.43 Å². The number of hydrogen-bond acceptors (Lipinski definition) is 2. The molecule has 0 heterocycles. The van der Waals surface area contributed by atoms with Gasteiger partial charge in [-0.1, -0.05) is 11.6 Å². The normalized spacial score (nSPS) is 11.5. The van der Waals surface area contributed by atoms with Crippen molar-refractivity contribution in [1.29, 1.82) is 0 Å². The van der Waals surface area contributed by atoms with Crippen LogP contribution < -0.4 is 11.3 Å². The maximum absolute atomic E-state index is 5.82. The molecule has 4 heteroatoms. The van der Waals surface area contributed by atoms with Crippen molar-refractivity contribution in [2.24, 2.45) is 10.8 Å². The summed E-state index contributed by atoms with van der Waals surface area (Å²) in [5.41, 5.74) is 4.55. The van der Waals surface area contributed by atoms with Crippen LogP contribution in [0.5, 0.6) is 0 Å². The van der Waals surface area contributed by atoms with Gasteiger partial charge in [0.2, 0.25) is 0 Å². The highest BCUT2D eigenvalue weighted by Crippen LogP contribution is 2.14. The quantitative estimate of drug-likeness (QED) is 0.310. The van der Waals surface area contributed by atoms with E-state index in [4.69, 9.17) is 17.4 Å². The van der Waals surface area contributed by atoms with Crippen molar-refractivity contribution in [2.75, 3.05) is 7.05 Å². The first-order chi connectivity index (χ1) is 6.19. The molecule has 0 saturated carbocycles. The molecule has 0 aromatic heterocycles. The number of nitrogens with zero attached hydrogens (tertiary/aromatic N) is 1. The lowest BCUT2D eigenvalue weighted by molar-refractivity contribution is 1.02. The van der Waals surface area contributed by atoms with E-state index in [9.17, 15) is 0 Å². The molecule has 0 spiro atoms. The second-order valence-electron chi connectivity index (χ2n) is 2.68. The Labute approximate surface area is 82.6 Å². The molecule has 3 nitrogen and oxygen atoms in total. The van der Waals surface area contributed by atoms with Gasteiger partial charge in [-0.15, -0.1) is 0 Å². The molecule has 13 heavy (non-hydrogen) atoms. The summed E-state index contributed by atoms with van der Waals surface area (Å²) in [4.78, 5) is 4.00. The molecule has 0 fully saturated rings. The Bertz CT molecular complexity index is 334. The van der Waals surface area contributed by atoms with Crippen LogP contribution in [0.2, 0.25) is 5.02 Å². The highest BCUT2D eigenvalue weighted by molar-refractivity contribution is 6.30. The maximum atomic E-state index is 5.82. The zero-order valence-electron chi connectivity index (χ0n) is 7.63. The number of nitrogens with two attached hydrogens (primary N) is 1. The molecular formula is C9H12ClN3. The van der Waals surface area contributed by atoms with Gasteiger partial charge in [-0.05, 0) is 30.7 Å². The number of halogens is 1. The van der Waals surface area contributed by atoms with Crippen molar-refractivity contribution in [1.82, 2.24) is 5.43 Å². The molecule has 70 valence electrons. The Morgan fingerprint density at radius 3 is 2.69 bits per heavy atom. The van der Waals surface area contributed by atoms with E-state index in [2.05, 4.69) is 10.4 Å². The van der Waals surface area contributed by atoms with E-state index in [-0.39, 0.29) is 0 Å². The molecule has 0 bridgehead atoms. The van der Waals surface area contributed by atoms with Gasteiger partial charge in [0, 0.05) is 17.6 Å². The number of hydrogen-bond donors (Lipinski definition) is 2. The summed E-state index contributed by atoms with van der Waals surface area (Å²) in [7, 11) is 1.68. The minimum atomic E-state index is 0.661. The van der Waals surface area contributed by atoms with E-state index in [1.165, 1.54) is 0 Å². The van der Waals surface area contributed by atoms with Crippen molar-refractivity contribution >= 4 is 17.4 Å². The van der Waals surface area contributed by atoms with Crippen LogP contribution in [0.25, 0.3) is 0 Å². The number of amidine groups is 1.